The van der Waals surface area contributed by atoms with Crippen molar-refractivity contribution >= 4 is 71.2 Å². The molecule has 0 aliphatic rings. The summed E-state index contributed by atoms with van der Waals surface area (Å²) in [4.78, 5) is 56.6. The molecule has 0 bridgehead atoms. The molecule has 204 valence electrons. The van der Waals surface area contributed by atoms with Gasteiger partial charge in [0.15, 0.2) is 0 Å². The molecule has 0 spiro atoms. The second-order valence-corrected chi connectivity index (χ2v) is 15.0. The summed E-state index contributed by atoms with van der Waals surface area (Å²) in [6.07, 6.45) is 0.178. The fourth-order valence-corrected chi connectivity index (χ4v) is 7.43. The zero-order chi connectivity index (χ0) is 27.6. The molecule has 0 aliphatic carbocycles. The van der Waals surface area contributed by atoms with Crippen molar-refractivity contribution in [2.45, 2.75) is 73.3 Å². The van der Waals surface area contributed by atoms with Crippen LogP contribution in [0, 0.1) is 16.2 Å². The Hall–Kier alpha value is -0.230. The Morgan fingerprint density at radius 3 is 2.06 bits per heavy atom. The minimum atomic E-state index is -1.22. The van der Waals surface area contributed by atoms with Crippen LogP contribution in [0.3, 0.4) is 0 Å². The third-order valence-electron chi connectivity index (χ3n) is 5.66. The van der Waals surface area contributed by atoms with E-state index >= 15 is 0 Å². The zero-order valence-electron chi connectivity index (χ0n) is 21.2. The lowest BCUT2D eigenvalue weighted by Gasteiger charge is -2.41. The normalized spacial score (nSPS) is 17.9. The fourth-order valence-electron chi connectivity index (χ4n) is 3.83. The number of thiol groups is 1. The van der Waals surface area contributed by atoms with Crippen LogP contribution in [-0.4, -0.2) is 45.6 Å². The molecule has 0 aromatic rings. The molecular formula is C20H41N5O5P2S3. The van der Waals surface area contributed by atoms with E-state index in [9.17, 15) is 24.3 Å². The first-order valence-electron chi connectivity index (χ1n) is 11.1. The van der Waals surface area contributed by atoms with Crippen molar-refractivity contribution < 1.29 is 24.3 Å². The SMILES string of the molecule is CCC(C)(CC(C)(CC(C)(C)C(=O)S(=P)NNC(=O)CCS)C(=O)S(=P)NN)C(=O)NCC(C)O. The number of rotatable bonds is 15. The second-order valence-electron chi connectivity index (χ2n) is 9.70. The number of nitrogens with one attached hydrogen (secondary N) is 4. The number of amides is 2. The number of nitrogens with two attached hydrogens (primary N) is 1. The van der Waals surface area contributed by atoms with E-state index in [1.54, 1.807) is 34.6 Å². The van der Waals surface area contributed by atoms with Crippen molar-refractivity contribution in [3.63, 3.8) is 0 Å². The van der Waals surface area contributed by atoms with Crippen LogP contribution in [-0.2, 0) is 39.7 Å². The van der Waals surface area contributed by atoms with E-state index < -0.39 is 42.9 Å². The van der Waals surface area contributed by atoms with Gasteiger partial charge in [-0.2, -0.15) is 22.3 Å². The third kappa shape index (κ3) is 11.0. The average molecular weight is 590 g/mol. The average Bonchev–Trinajstić information content (AvgIpc) is 2.78. The highest BCUT2D eigenvalue weighted by Crippen LogP contribution is 2.46. The molecule has 0 saturated carbocycles. The molecule has 35 heavy (non-hydrogen) atoms. The van der Waals surface area contributed by atoms with Crippen molar-refractivity contribution in [2.75, 3.05) is 12.3 Å². The maximum absolute atomic E-state index is 13.5. The highest BCUT2D eigenvalue weighted by molar-refractivity contribution is 8.25. The number of hydrogen-bond acceptors (Lipinski definition) is 7. The Balaban J connectivity index is 6.00. The lowest BCUT2D eigenvalue weighted by molar-refractivity contribution is -0.135. The van der Waals surface area contributed by atoms with Gasteiger partial charge >= 0.3 is 0 Å². The lowest BCUT2D eigenvalue weighted by Crippen LogP contribution is -2.50. The van der Waals surface area contributed by atoms with Gasteiger partial charge in [0.05, 0.1) is 6.10 Å². The number of aliphatic hydroxyl groups excluding tert-OH is 1. The molecule has 0 aromatic heterocycles. The van der Waals surface area contributed by atoms with E-state index in [4.69, 9.17) is 5.84 Å². The van der Waals surface area contributed by atoms with Gasteiger partial charge in [-0.3, -0.25) is 30.4 Å². The maximum Gasteiger partial charge on any atom is 0.235 e. The number of carbonyl (C=O) groups is 4. The Morgan fingerprint density at radius 2 is 1.60 bits per heavy atom. The number of aliphatic hydroxyl groups is 1. The summed E-state index contributed by atoms with van der Waals surface area (Å²) in [7, 11) is 4.27. The van der Waals surface area contributed by atoms with Crippen LogP contribution in [0.5, 0.6) is 0 Å². The van der Waals surface area contributed by atoms with Gasteiger partial charge in [-0.1, -0.05) is 50.6 Å². The van der Waals surface area contributed by atoms with Crippen LogP contribution in [0.15, 0.2) is 0 Å². The molecule has 0 radical (unpaired) electrons. The molecule has 0 heterocycles. The monoisotopic (exact) mass is 589 g/mol. The predicted octanol–water partition coefficient (Wildman–Crippen LogP) is 1.35. The summed E-state index contributed by atoms with van der Waals surface area (Å²) in [5, 5.41) is 11.8. The summed E-state index contributed by atoms with van der Waals surface area (Å²) in [5.74, 6) is 5.31. The Bertz CT molecular complexity index is 846. The molecule has 0 aliphatic heterocycles. The number of hydrazine groups is 2. The smallest absolute Gasteiger partial charge is 0.235 e. The van der Waals surface area contributed by atoms with Gasteiger partial charge in [-0.05, 0) is 52.5 Å². The molecule has 5 unspecified atom stereocenters. The van der Waals surface area contributed by atoms with E-state index in [2.05, 4.69) is 49.1 Å². The fraction of sp³-hybridized carbons (Fsp3) is 0.800. The van der Waals surface area contributed by atoms with E-state index in [0.717, 1.165) is 0 Å². The Kier molecular flexibility index (Phi) is 15.1. The van der Waals surface area contributed by atoms with Crippen molar-refractivity contribution in [3.8, 4) is 0 Å². The minimum absolute atomic E-state index is 0.0899. The van der Waals surface area contributed by atoms with E-state index in [1.807, 2.05) is 6.92 Å². The van der Waals surface area contributed by atoms with Crippen molar-refractivity contribution in [2.24, 2.45) is 22.1 Å². The van der Waals surface area contributed by atoms with Crippen molar-refractivity contribution in [3.05, 3.63) is 0 Å². The van der Waals surface area contributed by atoms with Gasteiger partial charge in [-0.15, -0.1) is 0 Å². The summed E-state index contributed by atoms with van der Waals surface area (Å²) in [5.41, 5.74) is -0.631. The highest BCUT2D eigenvalue weighted by Gasteiger charge is 2.48. The van der Waals surface area contributed by atoms with Crippen molar-refractivity contribution in [1.29, 1.82) is 0 Å². The maximum atomic E-state index is 13.5. The summed E-state index contributed by atoms with van der Waals surface area (Å²) < 4.78 is 0. The van der Waals surface area contributed by atoms with Crippen LogP contribution in [0.4, 0.5) is 0 Å². The molecule has 5 atom stereocenters. The minimum Gasteiger partial charge on any atom is -0.392 e. The van der Waals surface area contributed by atoms with Crippen LogP contribution in [0.1, 0.15) is 67.2 Å². The molecule has 15 heteroatoms. The molecule has 0 fully saturated rings. The second kappa shape index (κ2) is 15.2. The van der Waals surface area contributed by atoms with Gasteiger partial charge in [0, 0.05) is 29.2 Å². The molecular weight excluding hydrogens is 548 g/mol. The van der Waals surface area contributed by atoms with Crippen LogP contribution in [0.25, 0.3) is 0 Å². The summed E-state index contributed by atoms with van der Waals surface area (Å²) in [6, 6.07) is 0. The van der Waals surface area contributed by atoms with E-state index in [0.29, 0.717) is 12.2 Å². The standard InChI is InChI=1S/C20H41N5O5P2S3/c1-7-19(5,15(28)22-10-13(2)26)12-20(6,17(30)34(31)24-21)11-18(3,4)16(29)35(32)25-23-14(27)8-9-33/h13,24-26,31-33H,7-12,21H2,1-6H3,(H,22,28)(H,23,27). The van der Waals surface area contributed by atoms with Crippen LogP contribution < -0.4 is 26.2 Å². The lowest BCUT2D eigenvalue weighted by atomic mass is 9.65. The molecule has 0 rings (SSSR count). The van der Waals surface area contributed by atoms with Gasteiger partial charge in [0.25, 0.3) is 0 Å². The molecule has 10 nitrogen and oxygen atoms in total. The molecule has 0 aromatic carbocycles. The van der Waals surface area contributed by atoms with Crippen LogP contribution >= 0.6 is 28.7 Å². The van der Waals surface area contributed by atoms with Gasteiger partial charge in [0.1, 0.15) is 0 Å². The molecule has 0 saturated heterocycles. The van der Waals surface area contributed by atoms with Gasteiger partial charge in [-0.25, -0.2) is 0 Å². The first kappa shape index (κ1) is 34.8. The van der Waals surface area contributed by atoms with Gasteiger partial charge < -0.3 is 10.4 Å². The first-order chi connectivity index (χ1) is 16.0. The molecule has 7 N–H and O–H groups in total. The Labute approximate surface area is 223 Å². The largest absolute Gasteiger partial charge is 0.392 e. The predicted molar refractivity (Wildman–Crippen MR) is 153 cm³/mol. The number of carbonyl (C=O) groups excluding carboxylic acids is 4. The highest BCUT2D eigenvalue weighted by atomic mass is 32.5. The molecule has 2 amide bonds. The van der Waals surface area contributed by atoms with E-state index in [-0.39, 0.29) is 47.9 Å². The summed E-state index contributed by atoms with van der Waals surface area (Å²) in [6.45, 7) is 10.4. The topological polar surface area (TPSA) is 163 Å². The quantitative estimate of drug-likeness (QED) is 0.0652. The number of hydrogen-bond donors (Lipinski definition) is 7. The summed E-state index contributed by atoms with van der Waals surface area (Å²) >= 11 is 4.01. The Morgan fingerprint density at radius 1 is 1.03 bits per heavy atom. The first-order valence-corrected chi connectivity index (χ1v) is 16.6. The third-order valence-corrected chi connectivity index (χ3v) is 9.99. The van der Waals surface area contributed by atoms with E-state index in [1.165, 1.54) is 0 Å². The van der Waals surface area contributed by atoms with Crippen molar-refractivity contribution in [1.82, 2.24) is 20.4 Å². The van der Waals surface area contributed by atoms with Gasteiger partial charge in [0.2, 0.25) is 22.0 Å². The van der Waals surface area contributed by atoms with Crippen LogP contribution in [0.2, 0.25) is 0 Å². The zero-order valence-corrected chi connectivity index (χ0v) is 25.8.